The zero-order valence-electron chi connectivity index (χ0n) is 14.5. The molecule has 1 amide bonds. The van der Waals surface area contributed by atoms with Crippen LogP contribution in [0.3, 0.4) is 0 Å². The zero-order chi connectivity index (χ0) is 18.5. The van der Waals surface area contributed by atoms with E-state index in [4.69, 9.17) is 9.26 Å². The monoisotopic (exact) mass is 354 g/mol. The second kappa shape index (κ2) is 7.82. The summed E-state index contributed by atoms with van der Waals surface area (Å²) in [4.78, 5) is 12.5. The normalized spacial score (nSPS) is 11.8. The SMILES string of the molecule is CC[C@@H](NC(=O)c1cc(-c2ccccc2OC)on1)c1ccc(F)cc1. The fourth-order valence-corrected chi connectivity index (χ4v) is 2.71. The summed E-state index contributed by atoms with van der Waals surface area (Å²) in [6.45, 7) is 1.94. The average molecular weight is 354 g/mol. The molecule has 0 aliphatic heterocycles. The summed E-state index contributed by atoms with van der Waals surface area (Å²) in [5.74, 6) is 0.412. The van der Waals surface area contributed by atoms with E-state index in [-0.39, 0.29) is 23.5 Å². The fraction of sp³-hybridized carbons (Fsp3) is 0.200. The number of carbonyl (C=O) groups is 1. The molecule has 0 radical (unpaired) electrons. The second-order valence-electron chi connectivity index (χ2n) is 5.76. The number of carbonyl (C=O) groups excluding carboxylic acids is 1. The van der Waals surface area contributed by atoms with Crippen LogP contribution >= 0.6 is 0 Å². The minimum Gasteiger partial charge on any atom is -0.496 e. The first kappa shape index (κ1) is 17.7. The molecule has 0 unspecified atom stereocenters. The topological polar surface area (TPSA) is 64.4 Å². The number of rotatable bonds is 6. The van der Waals surface area contributed by atoms with E-state index in [2.05, 4.69) is 10.5 Å². The number of para-hydroxylation sites is 1. The number of halogens is 1. The van der Waals surface area contributed by atoms with Crippen LogP contribution in [0, 0.1) is 5.82 Å². The summed E-state index contributed by atoms with van der Waals surface area (Å²) in [7, 11) is 1.57. The molecule has 0 spiro atoms. The van der Waals surface area contributed by atoms with Crippen LogP contribution in [0.2, 0.25) is 0 Å². The zero-order valence-corrected chi connectivity index (χ0v) is 14.5. The number of amides is 1. The van der Waals surface area contributed by atoms with Gasteiger partial charge in [-0.3, -0.25) is 4.79 Å². The third-order valence-corrected chi connectivity index (χ3v) is 4.10. The van der Waals surface area contributed by atoms with Gasteiger partial charge in [0.15, 0.2) is 11.5 Å². The number of nitrogens with zero attached hydrogens (tertiary/aromatic N) is 1. The van der Waals surface area contributed by atoms with E-state index in [0.29, 0.717) is 23.5 Å². The number of aromatic nitrogens is 1. The van der Waals surface area contributed by atoms with Gasteiger partial charge >= 0.3 is 0 Å². The van der Waals surface area contributed by atoms with Gasteiger partial charge in [-0.1, -0.05) is 36.3 Å². The Kier molecular flexibility index (Phi) is 5.31. The molecule has 1 atom stereocenters. The number of nitrogens with one attached hydrogen (secondary N) is 1. The highest BCUT2D eigenvalue weighted by atomic mass is 19.1. The van der Waals surface area contributed by atoms with Crippen molar-refractivity contribution >= 4 is 5.91 Å². The van der Waals surface area contributed by atoms with E-state index in [0.717, 1.165) is 5.56 Å². The molecule has 0 bridgehead atoms. The van der Waals surface area contributed by atoms with Gasteiger partial charge in [-0.15, -0.1) is 0 Å². The first-order valence-corrected chi connectivity index (χ1v) is 8.28. The maximum absolute atomic E-state index is 13.1. The molecule has 1 aromatic heterocycles. The Labute approximate surface area is 150 Å². The minimum absolute atomic E-state index is 0.173. The van der Waals surface area contributed by atoms with Gasteiger partial charge in [0, 0.05) is 6.07 Å². The Morgan fingerprint density at radius 3 is 2.65 bits per heavy atom. The van der Waals surface area contributed by atoms with Crippen molar-refractivity contribution in [1.29, 1.82) is 0 Å². The molecule has 26 heavy (non-hydrogen) atoms. The third-order valence-electron chi connectivity index (χ3n) is 4.10. The Bertz CT molecular complexity index is 890. The molecular weight excluding hydrogens is 335 g/mol. The van der Waals surface area contributed by atoms with Gasteiger partial charge < -0.3 is 14.6 Å². The summed E-state index contributed by atoms with van der Waals surface area (Å²) in [5, 5.41) is 6.76. The van der Waals surface area contributed by atoms with Crippen molar-refractivity contribution in [3.05, 3.63) is 71.7 Å². The van der Waals surface area contributed by atoms with Crippen LogP contribution in [0.1, 0.15) is 35.4 Å². The molecule has 134 valence electrons. The van der Waals surface area contributed by atoms with Crippen LogP contribution in [0.5, 0.6) is 5.75 Å². The standard InChI is InChI=1S/C20H19FN2O3/c1-3-16(13-8-10-14(21)11-9-13)22-20(24)17-12-19(26-23-17)15-6-4-5-7-18(15)25-2/h4-12,16H,3H2,1-2H3,(H,22,24)/t16-/m1/s1. The van der Waals surface area contributed by atoms with Crippen LogP contribution in [-0.4, -0.2) is 18.2 Å². The lowest BCUT2D eigenvalue weighted by atomic mass is 10.0. The lowest BCUT2D eigenvalue weighted by molar-refractivity contribution is 0.0926. The summed E-state index contributed by atoms with van der Waals surface area (Å²) in [6.07, 6.45) is 0.661. The van der Waals surface area contributed by atoms with Gasteiger partial charge in [0.25, 0.3) is 5.91 Å². The Hall–Kier alpha value is -3.15. The smallest absolute Gasteiger partial charge is 0.273 e. The van der Waals surface area contributed by atoms with Crippen molar-refractivity contribution in [1.82, 2.24) is 10.5 Å². The van der Waals surface area contributed by atoms with Crippen molar-refractivity contribution in [2.24, 2.45) is 0 Å². The molecule has 0 aliphatic rings. The van der Waals surface area contributed by atoms with Gasteiger partial charge in [0.1, 0.15) is 11.6 Å². The summed E-state index contributed by atoms with van der Waals surface area (Å²) < 4.78 is 23.7. The molecule has 3 aromatic rings. The van der Waals surface area contributed by atoms with E-state index in [9.17, 15) is 9.18 Å². The van der Waals surface area contributed by atoms with Gasteiger partial charge in [-0.05, 0) is 36.2 Å². The molecular formula is C20H19FN2O3. The van der Waals surface area contributed by atoms with E-state index < -0.39 is 0 Å². The number of hydrogen-bond donors (Lipinski definition) is 1. The third kappa shape index (κ3) is 3.74. The van der Waals surface area contributed by atoms with Crippen LogP contribution in [0.15, 0.2) is 59.1 Å². The second-order valence-corrected chi connectivity index (χ2v) is 5.76. The average Bonchev–Trinajstić information content (AvgIpc) is 3.17. The van der Waals surface area contributed by atoms with E-state index >= 15 is 0 Å². The van der Waals surface area contributed by atoms with Crippen LogP contribution in [-0.2, 0) is 0 Å². The van der Waals surface area contributed by atoms with Crippen molar-refractivity contribution in [3.63, 3.8) is 0 Å². The summed E-state index contributed by atoms with van der Waals surface area (Å²) in [5.41, 5.74) is 1.72. The molecule has 3 rings (SSSR count). The molecule has 0 saturated carbocycles. The number of hydrogen-bond acceptors (Lipinski definition) is 4. The van der Waals surface area contributed by atoms with Gasteiger partial charge in [-0.2, -0.15) is 0 Å². The number of ether oxygens (including phenoxy) is 1. The molecule has 5 nitrogen and oxygen atoms in total. The maximum atomic E-state index is 13.1. The highest BCUT2D eigenvalue weighted by Crippen LogP contribution is 2.30. The molecule has 0 aliphatic carbocycles. The summed E-state index contributed by atoms with van der Waals surface area (Å²) >= 11 is 0. The number of benzene rings is 2. The lowest BCUT2D eigenvalue weighted by Crippen LogP contribution is -2.28. The Morgan fingerprint density at radius 2 is 1.96 bits per heavy atom. The fourth-order valence-electron chi connectivity index (χ4n) is 2.71. The molecule has 0 fully saturated rings. The Balaban J connectivity index is 1.78. The van der Waals surface area contributed by atoms with Crippen LogP contribution in [0.4, 0.5) is 4.39 Å². The minimum atomic E-state index is -0.355. The van der Waals surface area contributed by atoms with Gasteiger partial charge in [-0.25, -0.2) is 4.39 Å². The van der Waals surface area contributed by atoms with Gasteiger partial charge in [0.05, 0.1) is 18.7 Å². The molecule has 1 heterocycles. The van der Waals surface area contributed by atoms with Crippen LogP contribution in [0.25, 0.3) is 11.3 Å². The van der Waals surface area contributed by atoms with Crippen molar-refractivity contribution in [3.8, 4) is 17.1 Å². The van der Waals surface area contributed by atoms with E-state index in [1.807, 2.05) is 25.1 Å². The van der Waals surface area contributed by atoms with Crippen molar-refractivity contribution in [2.75, 3.05) is 7.11 Å². The Morgan fingerprint density at radius 1 is 1.23 bits per heavy atom. The maximum Gasteiger partial charge on any atom is 0.273 e. The predicted octanol–water partition coefficient (Wildman–Crippen LogP) is 4.37. The van der Waals surface area contributed by atoms with E-state index in [1.165, 1.54) is 12.1 Å². The highest BCUT2D eigenvalue weighted by molar-refractivity contribution is 5.93. The first-order valence-electron chi connectivity index (χ1n) is 8.28. The molecule has 2 aromatic carbocycles. The van der Waals surface area contributed by atoms with Gasteiger partial charge in [0.2, 0.25) is 0 Å². The molecule has 6 heteroatoms. The highest BCUT2D eigenvalue weighted by Gasteiger charge is 2.19. The number of methoxy groups -OCH3 is 1. The van der Waals surface area contributed by atoms with Crippen LogP contribution < -0.4 is 10.1 Å². The first-order chi connectivity index (χ1) is 12.6. The lowest BCUT2D eigenvalue weighted by Gasteiger charge is -2.16. The molecule has 0 saturated heterocycles. The van der Waals surface area contributed by atoms with Crippen molar-refractivity contribution in [2.45, 2.75) is 19.4 Å². The molecule has 1 N–H and O–H groups in total. The van der Waals surface area contributed by atoms with E-state index in [1.54, 1.807) is 31.4 Å². The summed E-state index contributed by atoms with van der Waals surface area (Å²) in [6, 6.07) is 14.7. The predicted molar refractivity (Wildman–Crippen MR) is 95.4 cm³/mol. The quantitative estimate of drug-likeness (QED) is 0.714. The largest absolute Gasteiger partial charge is 0.496 e. The van der Waals surface area contributed by atoms with Crippen molar-refractivity contribution < 1.29 is 18.4 Å².